The van der Waals surface area contributed by atoms with Crippen LogP contribution in [-0.4, -0.2) is 30.3 Å². The number of fused-ring (bicyclic) bond motifs is 1. The molecule has 0 unspecified atom stereocenters. The van der Waals surface area contributed by atoms with Crippen molar-refractivity contribution in [2.24, 2.45) is 5.10 Å². The topological polar surface area (TPSA) is 72.8 Å². The maximum Gasteiger partial charge on any atom is 0.272 e. The van der Waals surface area contributed by atoms with E-state index in [-0.39, 0.29) is 12.5 Å². The number of nitrogens with zero attached hydrogens (tertiary/aromatic N) is 2. The molecule has 7 heteroatoms. The van der Waals surface area contributed by atoms with E-state index in [9.17, 15) is 4.79 Å². The van der Waals surface area contributed by atoms with Crippen molar-refractivity contribution in [3.63, 3.8) is 0 Å². The number of hydrogen-bond donors (Lipinski definition) is 1. The zero-order valence-corrected chi connectivity index (χ0v) is 20.6. The molecule has 0 bridgehead atoms. The van der Waals surface area contributed by atoms with Gasteiger partial charge >= 0.3 is 0 Å². The number of ether oxygens (including phenoxy) is 2. The van der Waals surface area contributed by atoms with Gasteiger partial charge in [0.25, 0.3) is 5.91 Å². The van der Waals surface area contributed by atoms with Crippen molar-refractivity contribution in [1.29, 1.82) is 0 Å². The van der Waals surface area contributed by atoms with Gasteiger partial charge in [-0.2, -0.15) is 5.10 Å². The van der Waals surface area contributed by atoms with Gasteiger partial charge in [0, 0.05) is 10.9 Å². The van der Waals surface area contributed by atoms with Crippen molar-refractivity contribution < 1.29 is 14.3 Å². The summed E-state index contributed by atoms with van der Waals surface area (Å²) in [5, 5.41) is 4.91. The molecule has 1 aromatic heterocycles. The van der Waals surface area contributed by atoms with E-state index in [4.69, 9.17) is 20.9 Å². The number of hydrogen-bond acceptors (Lipinski definition) is 5. The normalized spacial score (nSPS) is 10.8. The van der Waals surface area contributed by atoms with Crippen LogP contribution in [0.5, 0.6) is 11.5 Å². The lowest BCUT2D eigenvalue weighted by Gasteiger charge is -2.13. The molecular weight excluding hydrogens is 506 g/mol. The fourth-order valence-corrected chi connectivity index (χ4v) is 4.10. The van der Waals surface area contributed by atoms with Gasteiger partial charge in [-0.25, -0.2) is 10.4 Å². The highest BCUT2D eigenvalue weighted by Crippen LogP contribution is 2.36. The summed E-state index contributed by atoms with van der Waals surface area (Å²) in [5.41, 5.74) is 6.19. The summed E-state index contributed by atoms with van der Waals surface area (Å²) in [4.78, 5) is 17.8. The van der Waals surface area contributed by atoms with E-state index < -0.39 is 0 Å². The van der Waals surface area contributed by atoms with E-state index in [0.29, 0.717) is 39.4 Å². The number of nitrogens with one attached hydrogen (secondary N) is 1. The van der Waals surface area contributed by atoms with Gasteiger partial charge in [-0.15, -0.1) is 6.42 Å². The first-order chi connectivity index (χ1) is 17.1. The third-order valence-electron chi connectivity index (χ3n) is 5.04. The molecule has 6 nitrogen and oxygen atoms in total. The minimum absolute atomic E-state index is 0.118. The maximum absolute atomic E-state index is 13.1. The molecule has 0 spiro atoms. The van der Waals surface area contributed by atoms with Crippen LogP contribution in [0.4, 0.5) is 0 Å². The number of carbonyl (C=O) groups is 1. The second-order valence-corrected chi connectivity index (χ2v) is 8.25. The van der Waals surface area contributed by atoms with E-state index >= 15 is 0 Å². The number of aromatic nitrogens is 1. The predicted octanol–water partition coefficient (Wildman–Crippen LogP) is 5.84. The molecule has 1 N–H and O–H groups in total. The Morgan fingerprint density at radius 1 is 1.11 bits per heavy atom. The Morgan fingerprint density at radius 2 is 1.89 bits per heavy atom. The molecule has 4 aromatic rings. The molecule has 35 heavy (non-hydrogen) atoms. The molecular formula is C28H22BrN3O3. The first-order valence-corrected chi connectivity index (χ1v) is 11.7. The fraction of sp³-hybridized carbons (Fsp3) is 0.107. The number of benzene rings is 3. The third kappa shape index (κ3) is 5.68. The summed E-state index contributed by atoms with van der Waals surface area (Å²) in [7, 11) is 0. The van der Waals surface area contributed by atoms with Crippen LogP contribution in [-0.2, 0) is 0 Å². The van der Waals surface area contributed by atoms with E-state index in [1.165, 1.54) is 6.21 Å². The van der Waals surface area contributed by atoms with Gasteiger partial charge < -0.3 is 9.47 Å². The molecule has 0 atom stereocenters. The number of terminal acetylenes is 1. The van der Waals surface area contributed by atoms with Crippen molar-refractivity contribution in [3.8, 4) is 35.1 Å². The average Bonchev–Trinajstić information content (AvgIpc) is 2.88. The molecule has 174 valence electrons. The standard InChI is InChI=1S/C28H22BrN3O3/c1-3-14-35-27-23(29)15-19(16-26(27)34-4-2)18-30-32-28(33)22-17-25(20-10-6-5-7-11-20)31-24-13-9-8-12-21(22)24/h1,5-13,15-18H,4,14H2,2H3,(H,32,33)/b30-18+. The van der Waals surface area contributed by atoms with Crippen molar-refractivity contribution >= 4 is 39.0 Å². The monoisotopic (exact) mass is 527 g/mol. The van der Waals surface area contributed by atoms with Crippen molar-refractivity contribution in [3.05, 3.63) is 88.4 Å². The van der Waals surface area contributed by atoms with Gasteiger partial charge in [0.05, 0.1) is 34.1 Å². The molecule has 3 aromatic carbocycles. The largest absolute Gasteiger partial charge is 0.490 e. The Morgan fingerprint density at radius 3 is 2.66 bits per heavy atom. The highest BCUT2D eigenvalue weighted by Gasteiger charge is 2.14. The number of amides is 1. The number of carbonyl (C=O) groups excluding carboxylic acids is 1. The van der Waals surface area contributed by atoms with Crippen LogP contribution in [0.1, 0.15) is 22.8 Å². The summed E-state index contributed by atoms with van der Waals surface area (Å²) in [6.45, 7) is 2.45. The number of halogens is 1. The fourth-order valence-electron chi connectivity index (χ4n) is 3.53. The van der Waals surface area contributed by atoms with E-state index in [0.717, 1.165) is 16.5 Å². The number of rotatable bonds is 8. The van der Waals surface area contributed by atoms with Crippen LogP contribution in [0.25, 0.3) is 22.2 Å². The van der Waals surface area contributed by atoms with Crippen LogP contribution in [0, 0.1) is 12.3 Å². The summed E-state index contributed by atoms with van der Waals surface area (Å²) in [6.07, 6.45) is 6.84. The Bertz CT molecular complexity index is 1430. The second-order valence-electron chi connectivity index (χ2n) is 7.39. The van der Waals surface area contributed by atoms with Gasteiger partial charge in [0.1, 0.15) is 6.61 Å². The lowest BCUT2D eigenvalue weighted by molar-refractivity contribution is 0.0956. The van der Waals surface area contributed by atoms with E-state index in [2.05, 4.69) is 32.4 Å². The van der Waals surface area contributed by atoms with Crippen LogP contribution in [0.15, 0.2) is 82.4 Å². The Hall–Kier alpha value is -4.15. The Labute approximate surface area is 212 Å². The Kier molecular flexibility index (Phi) is 7.76. The predicted molar refractivity (Wildman–Crippen MR) is 142 cm³/mol. The van der Waals surface area contributed by atoms with E-state index in [1.54, 1.807) is 18.2 Å². The maximum atomic E-state index is 13.1. The van der Waals surface area contributed by atoms with Crippen LogP contribution >= 0.6 is 15.9 Å². The van der Waals surface area contributed by atoms with E-state index in [1.807, 2.05) is 61.5 Å². The number of para-hydroxylation sites is 1. The summed E-state index contributed by atoms with van der Waals surface area (Å²) in [5.74, 6) is 3.14. The van der Waals surface area contributed by atoms with Gasteiger partial charge in [-0.05, 0) is 52.7 Å². The molecule has 0 saturated carbocycles. The molecule has 0 aliphatic carbocycles. The number of hydrazone groups is 1. The molecule has 0 aliphatic heterocycles. The smallest absolute Gasteiger partial charge is 0.272 e. The van der Waals surface area contributed by atoms with Crippen LogP contribution < -0.4 is 14.9 Å². The number of pyridine rings is 1. The molecule has 0 saturated heterocycles. The van der Waals surface area contributed by atoms with Gasteiger partial charge in [0.2, 0.25) is 0 Å². The molecule has 1 amide bonds. The second kappa shape index (κ2) is 11.3. The van der Waals surface area contributed by atoms with Crippen molar-refractivity contribution in [1.82, 2.24) is 10.4 Å². The summed E-state index contributed by atoms with van der Waals surface area (Å²) < 4.78 is 11.9. The zero-order valence-electron chi connectivity index (χ0n) is 19.0. The first-order valence-electron chi connectivity index (χ1n) is 10.9. The average molecular weight is 528 g/mol. The third-order valence-corrected chi connectivity index (χ3v) is 5.63. The first kappa shape index (κ1) is 24.0. The van der Waals surface area contributed by atoms with Crippen molar-refractivity contribution in [2.45, 2.75) is 6.92 Å². The quantitative estimate of drug-likeness (QED) is 0.177. The molecule has 0 aliphatic rings. The molecule has 4 rings (SSSR count). The highest BCUT2D eigenvalue weighted by molar-refractivity contribution is 9.10. The van der Waals surface area contributed by atoms with Crippen LogP contribution in [0.3, 0.4) is 0 Å². The molecule has 1 heterocycles. The Balaban J connectivity index is 1.61. The van der Waals surface area contributed by atoms with Gasteiger partial charge in [0.15, 0.2) is 11.5 Å². The van der Waals surface area contributed by atoms with Gasteiger partial charge in [-0.1, -0.05) is 54.5 Å². The molecule has 0 fully saturated rings. The summed E-state index contributed by atoms with van der Waals surface area (Å²) in [6, 6.07) is 22.6. The SMILES string of the molecule is C#CCOc1c(Br)cc(/C=N/NC(=O)c2cc(-c3ccccc3)nc3ccccc23)cc1OCC. The summed E-state index contributed by atoms with van der Waals surface area (Å²) >= 11 is 3.48. The minimum Gasteiger partial charge on any atom is -0.490 e. The lowest BCUT2D eigenvalue weighted by Crippen LogP contribution is -2.18. The highest BCUT2D eigenvalue weighted by atomic mass is 79.9. The zero-order chi connectivity index (χ0) is 24.6. The van der Waals surface area contributed by atoms with Crippen molar-refractivity contribution in [2.75, 3.05) is 13.2 Å². The molecule has 0 radical (unpaired) electrons. The lowest BCUT2D eigenvalue weighted by atomic mass is 10.0. The van der Waals surface area contributed by atoms with Gasteiger partial charge in [-0.3, -0.25) is 4.79 Å². The van der Waals surface area contributed by atoms with Crippen LogP contribution in [0.2, 0.25) is 0 Å². The minimum atomic E-state index is -0.338.